The predicted molar refractivity (Wildman–Crippen MR) is 68.4 cm³/mol. The molecule has 0 amide bonds. The quantitative estimate of drug-likeness (QED) is 0.766. The van der Waals surface area contributed by atoms with Gasteiger partial charge in [-0.2, -0.15) is 4.98 Å². The highest BCUT2D eigenvalue weighted by Gasteiger charge is 2.22. The maximum Gasteiger partial charge on any atom is 0.224 e. The third-order valence-corrected chi connectivity index (χ3v) is 3.32. The lowest BCUT2D eigenvalue weighted by Crippen LogP contribution is -2.14. The predicted octanol–water partition coefficient (Wildman–Crippen LogP) is 1.74. The van der Waals surface area contributed by atoms with Crippen molar-refractivity contribution in [2.75, 3.05) is 24.2 Å². The molecule has 0 spiro atoms. The Hall–Kier alpha value is -1.07. The van der Waals surface area contributed by atoms with Gasteiger partial charge in [-0.05, 0) is 25.2 Å². The fourth-order valence-corrected chi connectivity index (χ4v) is 2.24. The molecule has 1 heterocycles. The van der Waals surface area contributed by atoms with Gasteiger partial charge in [0.25, 0.3) is 0 Å². The molecule has 1 saturated carbocycles. The molecule has 3 N–H and O–H groups in total. The molecule has 1 aromatic heterocycles. The average Bonchev–Trinajstić information content (AvgIpc) is 2.74. The smallest absolute Gasteiger partial charge is 0.224 e. The van der Waals surface area contributed by atoms with Crippen LogP contribution >= 0.6 is 11.6 Å². The molecule has 5 nitrogen and oxygen atoms in total. The van der Waals surface area contributed by atoms with Gasteiger partial charge in [-0.3, -0.25) is 0 Å². The van der Waals surface area contributed by atoms with Gasteiger partial charge in [0.05, 0.1) is 12.3 Å². The lowest BCUT2D eigenvalue weighted by atomic mass is 10.1. The number of hydrogen-bond donors (Lipinski definition) is 3. The van der Waals surface area contributed by atoms with E-state index in [4.69, 9.17) is 11.6 Å². The molecule has 2 rings (SSSR count). The number of aliphatic hydroxyl groups excluding tert-OH is 1. The van der Waals surface area contributed by atoms with E-state index in [0.717, 1.165) is 25.8 Å². The number of halogens is 1. The largest absolute Gasteiger partial charge is 0.393 e. The second-order valence-corrected chi connectivity index (χ2v) is 4.76. The minimum atomic E-state index is -0.143. The van der Waals surface area contributed by atoms with E-state index in [1.54, 1.807) is 13.2 Å². The summed E-state index contributed by atoms with van der Waals surface area (Å²) in [7, 11) is 1.76. The van der Waals surface area contributed by atoms with Gasteiger partial charge in [0.15, 0.2) is 0 Å². The maximum absolute atomic E-state index is 9.44. The van der Waals surface area contributed by atoms with E-state index in [1.807, 2.05) is 0 Å². The van der Waals surface area contributed by atoms with Crippen molar-refractivity contribution < 1.29 is 5.11 Å². The van der Waals surface area contributed by atoms with Gasteiger partial charge in [-0.25, -0.2) is 4.98 Å². The van der Waals surface area contributed by atoms with Gasteiger partial charge in [0, 0.05) is 13.6 Å². The van der Waals surface area contributed by atoms with Gasteiger partial charge in [-0.1, -0.05) is 11.6 Å². The van der Waals surface area contributed by atoms with Crippen molar-refractivity contribution in [2.24, 2.45) is 5.92 Å². The highest BCUT2D eigenvalue weighted by atomic mass is 35.5. The Morgan fingerprint density at radius 3 is 3.00 bits per heavy atom. The molecule has 1 fully saturated rings. The molecule has 94 valence electrons. The lowest BCUT2D eigenvalue weighted by molar-refractivity contribution is 0.178. The van der Waals surface area contributed by atoms with Gasteiger partial charge in [0.2, 0.25) is 5.95 Å². The van der Waals surface area contributed by atoms with E-state index in [2.05, 4.69) is 20.6 Å². The molecule has 6 heteroatoms. The van der Waals surface area contributed by atoms with Gasteiger partial charge in [0.1, 0.15) is 10.8 Å². The Morgan fingerprint density at radius 1 is 1.53 bits per heavy atom. The number of hydrogen-bond acceptors (Lipinski definition) is 5. The zero-order valence-corrected chi connectivity index (χ0v) is 10.5. The zero-order chi connectivity index (χ0) is 12.3. The van der Waals surface area contributed by atoms with Crippen molar-refractivity contribution >= 4 is 23.4 Å². The summed E-state index contributed by atoms with van der Waals surface area (Å²) in [6.07, 6.45) is 4.23. The van der Waals surface area contributed by atoms with Crippen LogP contribution in [0.5, 0.6) is 0 Å². The number of nitrogens with zero attached hydrogens (tertiary/aromatic N) is 2. The van der Waals surface area contributed by atoms with Crippen LogP contribution in [0.3, 0.4) is 0 Å². The first-order valence-corrected chi connectivity index (χ1v) is 6.19. The van der Waals surface area contributed by atoms with E-state index in [1.165, 1.54) is 0 Å². The normalized spacial score (nSPS) is 23.7. The number of anilines is 2. The van der Waals surface area contributed by atoms with Crippen molar-refractivity contribution in [2.45, 2.75) is 25.4 Å². The summed E-state index contributed by atoms with van der Waals surface area (Å²) in [5.74, 6) is 1.69. The Labute approximate surface area is 106 Å². The minimum Gasteiger partial charge on any atom is -0.393 e. The first-order chi connectivity index (χ1) is 8.19. The topological polar surface area (TPSA) is 70.1 Å². The maximum atomic E-state index is 9.44. The second kappa shape index (κ2) is 5.51. The molecule has 1 aliphatic rings. The van der Waals surface area contributed by atoms with Crippen LogP contribution in [-0.4, -0.2) is 34.8 Å². The number of nitrogens with one attached hydrogen (secondary N) is 2. The van der Waals surface area contributed by atoms with E-state index >= 15 is 0 Å². The standard InChI is InChI=1S/C11H17ClN4O/c1-13-11-15-6-9(12)10(16-11)14-5-7-2-3-8(17)4-7/h6-8,17H,2-5H2,1H3,(H2,13,14,15,16). The molecular formula is C11H17ClN4O. The minimum absolute atomic E-state index is 0.143. The molecule has 2 atom stereocenters. The zero-order valence-electron chi connectivity index (χ0n) is 9.78. The third-order valence-electron chi connectivity index (χ3n) is 3.04. The molecule has 0 bridgehead atoms. The molecule has 1 aliphatic carbocycles. The van der Waals surface area contributed by atoms with E-state index in [0.29, 0.717) is 22.7 Å². The average molecular weight is 257 g/mol. The van der Waals surface area contributed by atoms with Crippen LogP contribution in [0.1, 0.15) is 19.3 Å². The Kier molecular flexibility index (Phi) is 4.02. The summed E-state index contributed by atoms with van der Waals surface area (Å²) in [5.41, 5.74) is 0. The van der Waals surface area contributed by atoms with E-state index < -0.39 is 0 Å². The monoisotopic (exact) mass is 256 g/mol. The van der Waals surface area contributed by atoms with E-state index in [9.17, 15) is 5.11 Å². The molecule has 0 aromatic carbocycles. The van der Waals surface area contributed by atoms with Crippen molar-refractivity contribution in [3.05, 3.63) is 11.2 Å². The fourth-order valence-electron chi connectivity index (χ4n) is 2.09. The van der Waals surface area contributed by atoms with Gasteiger partial charge in [-0.15, -0.1) is 0 Å². The first-order valence-electron chi connectivity index (χ1n) is 5.81. The van der Waals surface area contributed by atoms with Crippen LogP contribution in [0.15, 0.2) is 6.20 Å². The Morgan fingerprint density at radius 2 is 2.35 bits per heavy atom. The molecule has 0 aliphatic heterocycles. The van der Waals surface area contributed by atoms with Gasteiger partial charge < -0.3 is 15.7 Å². The van der Waals surface area contributed by atoms with Crippen LogP contribution in [-0.2, 0) is 0 Å². The van der Waals surface area contributed by atoms with Crippen LogP contribution in [0.2, 0.25) is 5.02 Å². The van der Waals surface area contributed by atoms with Crippen molar-refractivity contribution in [3.8, 4) is 0 Å². The van der Waals surface area contributed by atoms with Crippen molar-refractivity contribution in [1.82, 2.24) is 9.97 Å². The molecule has 0 saturated heterocycles. The molecule has 0 radical (unpaired) electrons. The van der Waals surface area contributed by atoms with Crippen LogP contribution in [0.25, 0.3) is 0 Å². The summed E-state index contributed by atoms with van der Waals surface area (Å²) < 4.78 is 0. The highest BCUT2D eigenvalue weighted by Crippen LogP contribution is 2.26. The number of aromatic nitrogens is 2. The SMILES string of the molecule is CNc1ncc(Cl)c(NCC2CCC(O)C2)n1. The number of aliphatic hydroxyl groups is 1. The van der Waals surface area contributed by atoms with Crippen LogP contribution in [0, 0.1) is 5.92 Å². The fraction of sp³-hybridized carbons (Fsp3) is 0.636. The Balaban J connectivity index is 1.94. The molecule has 2 unspecified atom stereocenters. The number of rotatable bonds is 4. The summed E-state index contributed by atoms with van der Waals surface area (Å²) in [4.78, 5) is 8.26. The summed E-state index contributed by atoms with van der Waals surface area (Å²) in [6.45, 7) is 0.789. The van der Waals surface area contributed by atoms with Crippen LogP contribution in [0.4, 0.5) is 11.8 Å². The second-order valence-electron chi connectivity index (χ2n) is 4.35. The molecule has 1 aromatic rings. The first kappa shape index (κ1) is 12.4. The highest BCUT2D eigenvalue weighted by molar-refractivity contribution is 6.32. The summed E-state index contributed by atoms with van der Waals surface area (Å²) in [6, 6.07) is 0. The summed E-state index contributed by atoms with van der Waals surface area (Å²) >= 11 is 6.00. The van der Waals surface area contributed by atoms with Crippen molar-refractivity contribution in [3.63, 3.8) is 0 Å². The van der Waals surface area contributed by atoms with Gasteiger partial charge >= 0.3 is 0 Å². The van der Waals surface area contributed by atoms with Crippen molar-refractivity contribution in [1.29, 1.82) is 0 Å². The summed E-state index contributed by atoms with van der Waals surface area (Å²) in [5, 5.41) is 16.0. The van der Waals surface area contributed by atoms with Crippen LogP contribution < -0.4 is 10.6 Å². The third kappa shape index (κ3) is 3.20. The molecular weight excluding hydrogens is 240 g/mol. The molecule has 17 heavy (non-hydrogen) atoms. The Bertz CT molecular complexity index is 388. The lowest BCUT2D eigenvalue weighted by Gasteiger charge is -2.12. The van der Waals surface area contributed by atoms with E-state index in [-0.39, 0.29) is 6.10 Å².